The Morgan fingerprint density at radius 1 is 0.962 bits per heavy atom. The van der Waals surface area contributed by atoms with Gasteiger partial charge < -0.3 is 8.92 Å². The number of rotatable bonds is 4. The van der Waals surface area contributed by atoms with Crippen molar-refractivity contribution in [1.82, 2.24) is 4.98 Å². The molecule has 0 bridgehead atoms. The predicted molar refractivity (Wildman–Crippen MR) is 87.7 cm³/mol. The van der Waals surface area contributed by atoms with Gasteiger partial charge in [0.05, 0.1) is 5.02 Å². The zero-order valence-electron chi connectivity index (χ0n) is 12.7. The maximum Gasteiger partial charge on any atom is 0.573 e. The molecule has 0 saturated carbocycles. The number of fused-ring (bicyclic) bond motifs is 1. The van der Waals surface area contributed by atoms with Gasteiger partial charge in [-0.15, -0.1) is 13.2 Å². The number of hydrogen-bond donors (Lipinski definition) is 0. The third kappa shape index (κ3) is 3.83. The van der Waals surface area contributed by atoms with Gasteiger partial charge >= 0.3 is 16.5 Å². The van der Waals surface area contributed by atoms with E-state index in [9.17, 15) is 21.6 Å². The fourth-order valence-corrected chi connectivity index (χ4v) is 3.49. The maximum atomic E-state index is 12.5. The number of benzene rings is 2. The number of ether oxygens (including phenoxy) is 1. The fourth-order valence-electron chi connectivity index (χ4n) is 2.21. The van der Waals surface area contributed by atoms with Crippen molar-refractivity contribution in [3.63, 3.8) is 0 Å². The van der Waals surface area contributed by atoms with E-state index in [2.05, 4.69) is 9.72 Å². The fraction of sp³-hybridized carbons (Fsp3) is 0.0625. The van der Waals surface area contributed by atoms with Gasteiger partial charge in [0.2, 0.25) is 0 Å². The Hall–Kier alpha value is -2.52. The van der Waals surface area contributed by atoms with Crippen LogP contribution in [0.2, 0.25) is 5.02 Å². The van der Waals surface area contributed by atoms with E-state index in [1.807, 2.05) is 0 Å². The third-order valence-corrected chi connectivity index (χ3v) is 4.83. The Morgan fingerprint density at radius 3 is 2.42 bits per heavy atom. The molecule has 3 aromatic rings. The summed E-state index contributed by atoms with van der Waals surface area (Å²) in [5.41, 5.74) is 0.151. The smallest absolute Gasteiger partial charge is 0.404 e. The zero-order valence-corrected chi connectivity index (χ0v) is 14.3. The van der Waals surface area contributed by atoms with E-state index < -0.39 is 27.1 Å². The average Bonchev–Trinajstić information content (AvgIpc) is 2.56. The van der Waals surface area contributed by atoms with Crippen LogP contribution in [-0.2, 0) is 10.1 Å². The molecule has 0 unspecified atom stereocenters. The first-order chi connectivity index (χ1) is 12.2. The Labute approximate surface area is 151 Å². The zero-order chi connectivity index (χ0) is 18.9. The lowest BCUT2D eigenvalue weighted by Gasteiger charge is -2.14. The van der Waals surface area contributed by atoms with Crippen LogP contribution >= 0.6 is 11.6 Å². The number of alkyl halides is 3. The molecule has 10 heteroatoms. The predicted octanol–water partition coefficient (Wildman–Crippen LogP) is 4.55. The lowest BCUT2D eigenvalue weighted by molar-refractivity contribution is -0.275. The van der Waals surface area contributed by atoms with Gasteiger partial charge in [-0.1, -0.05) is 23.7 Å². The molecule has 0 aliphatic heterocycles. The summed E-state index contributed by atoms with van der Waals surface area (Å²) in [4.78, 5) is 3.25. The molecule has 0 fully saturated rings. The number of halogens is 4. The van der Waals surface area contributed by atoms with Crippen molar-refractivity contribution in [1.29, 1.82) is 0 Å². The summed E-state index contributed by atoms with van der Waals surface area (Å²) in [6.07, 6.45) is -3.65. The highest BCUT2D eigenvalue weighted by molar-refractivity contribution is 7.87. The van der Waals surface area contributed by atoms with E-state index in [1.165, 1.54) is 30.5 Å². The van der Waals surface area contributed by atoms with Crippen molar-refractivity contribution in [2.45, 2.75) is 11.3 Å². The van der Waals surface area contributed by atoms with E-state index in [-0.39, 0.29) is 11.3 Å². The maximum absolute atomic E-state index is 12.5. The highest BCUT2D eigenvalue weighted by Gasteiger charge is 2.34. The van der Waals surface area contributed by atoms with Crippen LogP contribution in [0.25, 0.3) is 10.9 Å². The molecule has 0 saturated heterocycles. The summed E-state index contributed by atoms with van der Waals surface area (Å²) in [5.74, 6) is -1.07. The lowest BCUT2D eigenvalue weighted by Crippen LogP contribution is -2.20. The molecule has 0 spiro atoms. The van der Waals surface area contributed by atoms with Crippen LogP contribution in [0.1, 0.15) is 0 Å². The Balaban J connectivity index is 2.05. The minimum atomic E-state index is -5.06. The van der Waals surface area contributed by atoms with Gasteiger partial charge in [-0.2, -0.15) is 8.42 Å². The molecule has 136 valence electrons. The minimum absolute atomic E-state index is 0.151. The van der Waals surface area contributed by atoms with Gasteiger partial charge in [0.25, 0.3) is 0 Å². The molecule has 0 aliphatic rings. The summed E-state index contributed by atoms with van der Waals surface area (Å²) in [6.45, 7) is 0. The standard InChI is InChI=1S/C16H9ClF3NO4S/c17-11-7-8-13(15-10(11)4-3-9-21-15)25-26(22,23)14-6-2-1-5-12(14)24-16(18,19)20/h1-9H. The molecule has 0 amide bonds. The van der Waals surface area contributed by atoms with Gasteiger partial charge in [-0.3, -0.25) is 4.98 Å². The molecule has 26 heavy (non-hydrogen) atoms. The summed E-state index contributed by atoms with van der Waals surface area (Å²) >= 11 is 6.03. The number of para-hydroxylation sites is 1. The first kappa shape index (κ1) is 18.3. The van der Waals surface area contributed by atoms with E-state index in [4.69, 9.17) is 15.8 Å². The molecule has 0 atom stereocenters. The van der Waals surface area contributed by atoms with Crippen LogP contribution in [0.15, 0.2) is 59.6 Å². The lowest BCUT2D eigenvalue weighted by atomic mass is 10.2. The molecule has 0 aliphatic carbocycles. The monoisotopic (exact) mass is 403 g/mol. The van der Waals surface area contributed by atoms with Crippen LogP contribution < -0.4 is 8.92 Å². The van der Waals surface area contributed by atoms with Gasteiger partial charge in [0, 0.05) is 11.6 Å². The average molecular weight is 404 g/mol. The SMILES string of the molecule is O=S(=O)(Oc1ccc(Cl)c2cccnc12)c1ccccc1OC(F)(F)F. The molecule has 5 nitrogen and oxygen atoms in total. The summed E-state index contributed by atoms with van der Waals surface area (Å²) in [5, 5.41) is 0.750. The van der Waals surface area contributed by atoms with Crippen LogP contribution in [0.5, 0.6) is 11.5 Å². The quantitative estimate of drug-likeness (QED) is 0.598. The van der Waals surface area contributed by atoms with Crippen LogP contribution in [-0.4, -0.2) is 19.8 Å². The molecular formula is C16H9ClF3NO4S. The van der Waals surface area contributed by atoms with Crippen molar-refractivity contribution < 1.29 is 30.5 Å². The number of pyridine rings is 1. The van der Waals surface area contributed by atoms with Crippen molar-refractivity contribution in [2.75, 3.05) is 0 Å². The number of hydrogen-bond acceptors (Lipinski definition) is 5. The molecule has 3 rings (SSSR count). The van der Waals surface area contributed by atoms with Gasteiger partial charge in [0.1, 0.15) is 10.4 Å². The topological polar surface area (TPSA) is 65.5 Å². The second-order valence-corrected chi connectivity index (χ2v) is 6.90. The van der Waals surface area contributed by atoms with E-state index in [0.29, 0.717) is 10.4 Å². The van der Waals surface area contributed by atoms with Crippen LogP contribution in [0, 0.1) is 0 Å². The molecule has 1 aromatic heterocycles. The highest BCUT2D eigenvalue weighted by atomic mass is 35.5. The first-order valence-electron chi connectivity index (χ1n) is 7.00. The van der Waals surface area contributed by atoms with Gasteiger partial charge in [-0.25, -0.2) is 0 Å². The highest BCUT2D eigenvalue weighted by Crippen LogP contribution is 2.34. The van der Waals surface area contributed by atoms with E-state index in [0.717, 1.165) is 12.1 Å². The Morgan fingerprint density at radius 2 is 1.69 bits per heavy atom. The van der Waals surface area contributed by atoms with Crippen molar-refractivity contribution in [3.05, 3.63) is 59.8 Å². The normalized spacial score (nSPS) is 12.2. The molecule has 0 N–H and O–H groups in total. The Bertz CT molecular complexity index is 1070. The van der Waals surface area contributed by atoms with Gasteiger partial charge in [0.15, 0.2) is 11.5 Å². The minimum Gasteiger partial charge on any atom is -0.404 e. The third-order valence-electron chi connectivity index (χ3n) is 3.22. The van der Waals surface area contributed by atoms with Crippen molar-refractivity contribution in [2.24, 2.45) is 0 Å². The van der Waals surface area contributed by atoms with E-state index >= 15 is 0 Å². The molecule has 2 aromatic carbocycles. The largest absolute Gasteiger partial charge is 0.573 e. The van der Waals surface area contributed by atoms with Crippen LogP contribution in [0.4, 0.5) is 13.2 Å². The van der Waals surface area contributed by atoms with Gasteiger partial charge in [-0.05, 0) is 36.4 Å². The summed E-state index contributed by atoms with van der Waals surface area (Å²) in [7, 11) is -4.63. The number of aromatic nitrogens is 1. The van der Waals surface area contributed by atoms with Crippen molar-refractivity contribution >= 4 is 32.6 Å². The number of nitrogens with zero attached hydrogens (tertiary/aromatic N) is 1. The van der Waals surface area contributed by atoms with E-state index in [1.54, 1.807) is 12.1 Å². The second kappa shape index (κ2) is 6.65. The van der Waals surface area contributed by atoms with Crippen LogP contribution in [0.3, 0.4) is 0 Å². The molecule has 0 radical (unpaired) electrons. The Kier molecular flexibility index (Phi) is 4.68. The molecule has 1 heterocycles. The molecular weight excluding hydrogens is 395 g/mol. The second-order valence-electron chi connectivity index (χ2n) is 4.98. The summed E-state index contributed by atoms with van der Waals surface area (Å²) < 4.78 is 71.3. The van der Waals surface area contributed by atoms with Crippen molar-refractivity contribution in [3.8, 4) is 11.5 Å². The first-order valence-corrected chi connectivity index (χ1v) is 8.78. The summed E-state index contributed by atoms with van der Waals surface area (Å²) in [6, 6.07) is 10.1.